The third-order valence-electron chi connectivity index (χ3n) is 3.58. The minimum atomic E-state index is -1.09. The fourth-order valence-corrected chi connectivity index (χ4v) is 3.72. The second kappa shape index (κ2) is 6.82. The average molecular weight is 396 g/mol. The molecule has 2 N–H and O–H groups in total. The van der Waals surface area contributed by atoms with E-state index in [2.05, 4.69) is 21.2 Å². The van der Waals surface area contributed by atoms with E-state index < -0.39 is 12.0 Å². The highest BCUT2D eigenvalue weighted by Gasteiger charge is 2.24. The Kier molecular flexibility index (Phi) is 4.79. The van der Waals surface area contributed by atoms with Gasteiger partial charge in [0.2, 0.25) is 0 Å². The number of thiophene rings is 1. The SMILES string of the molecule is O=C(NC(C(=O)O)c1ccc(Br)cc1)c1cc2c(s1)CCOC2. The topological polar surface area (TPSA) is 75.6 Å². The summed E-state index contributed by atoms with van der Waals surface area (Å²) >= 11 is 4.71. The van der Waals surface area contributed by atoms with Crippen LogP contribution < -0.4 is 5.32 Å². The number of rotatable bonds is 4. The second-order valence-electron chi connectivity index (χ2n) is 5.16. The van der Waals surface area contributed by atoms with E-state index in [4.69, 9.17) is 4.74 Å². The Labute approximate surface area is 145 Å². The number of ether oxygens (including phenoxy) is 1. The maximum absolute atomic E-state index is 12.4. The first-order valence-corrected chi connectivity index (χ1v) is 8.64. The summed E-state index contributed by atoms with van der Waals surface area (Å²) in [5.74, 6) is -1.47. The van der Waals surface area contributed by atoms with Crippen molar-refractivity contribution in [1.29, 1.82) is 0 Å². The van der Waals surface area contributed by atoms with E-state index >= 15 is 0 Å². The van der Waals surface area contributed by atoms with E-state index in [9.17, 15) is 14.7 Å². The Hall–Kier alpha value is -1.70. The third kappa shape index (κ3) is 3.63. The van der Waals surface area contributed by atoms with Gasteiger partial charge in [-0.15, -0.1) is 11.3 Å². The number of benzene rings is 1. The Morgan fingerprint density at radius 1 is 1.30 bits per heavy atom. The highest BCUT2D eigenvalue weighted by molar-refractivity contribution is 9.10. The van der Waals surface area contributed by atoms with Crippen molar-refractivity contribution in [3.8, 4) is 0 Å². The number of hydrogen-bond acceptors (Lipinski definition) is 4. The van der Waals surface area contributed by atoms with Crippen molar-refractivity contribution in [3.05, 3.63) is 55.7 Å². The van der Waals surface area contributed by atoms with Crippen LogP contribution >= 0.6 is 27.3 Å². The summed E-state index contributed by atoms with van der Waals surface area (Å²) in [6.45, 7) is 1.17. The summed E-state index contributed by atoms with van der Waals surface area (Å²) in [5.41, 5.74) is 1.54. The first-order chi connectivity index (χ1) is 11.0. The van der Waals surface area contributed by atoms with E-state index in [-0.39, 0.29) is 5.91 Å². The van der Waals surface area contributed by atoms with Crippen LogP contribution in [0.15, 0.2) is 34.8 Å². The van der Waals surface area contributed by atoms with Crippen LogP contribution in [-0.4, -0.2) is 23.6 Å². The maximum atomic E-state index is 12.4. The zero-order valence-electron chi connectivity index (χ0n) is 12.0. The van der Waals surface area contributed by atoms with Gasteiger partial charge in [0.15, 0.2) is 6.04 Å². The standard InChI is InChI=1S/C16H14BrNO4S/c17-11-3-1-9(2-4-11)14(16(20)21)18-15(19)13-7-10-8-22-6-5-12(10)23-13/h1-4,7,14H,5-6,8H2,(H,18,19)(H,20,21). The van der Waals surface area contributed by atoms with Crippen molar-refractivity contribution in [2.24, 2.45) is 0 Å². The van der Waals surface area contributed by atoms with E-state index in [1.165, 1.54) is 11.3 Å². The van der Waals surface area contributed by atoms with Crippen LogP contribution in [0.3, 0.4) is 0 Å². The Morgan fingerprint density at radius 3 is 2.70 bits per heavy atom. The molecule has 1 aromatic carbocycles. The molecule has 7 heteroatoms. The molecule has 2 heterocycles. The van der Waals surface area contributed by atoms with Gasteiger partial charge in [0.25, 0.3) is 5.91 Å². The van der Waals surface area contributed by atoms with Crippen molar-refractivity contribution < 1.29 is 19.4 Å². The number of halogens is 1. The lowest BCUT2D eigenvalue weighted by atomic mass is 10.1. The number of fused-ring (bicyclic) bond motifs is 1. The van der Waals surface area contributed by atoms with Crippen LogP contribution in [0.4, 0.5) is 0 Å². The molecule has 0 fully saturated rings. The molecule has 1 aliphatic heterocycles. The fraction of sp³-hybridized carbons (Fsp3) is 0.250. The summed E-state index contributed by atoms with van der Waals surface area (Å²) in [7, 11) is 0. The van der Waals surface area contributed by atoms with Gasteiger partial charge >= 0.3 is 5.97 Å². The quantitative estimate of drug-likeness (QED) is 0.833. The van der Waals surface area contributed by atoms with Crippen molar-refractivity contribution in [2.75, 3.05) is 6.61 Å². The summed E-state index contributed by atoms with van der Waals surface area (Å²) in [6, 6.07) is 7.56. The van der Waals surface area contributed by atoms with E-state index in [1.807, 2.05) is 0 Å². The Morgan fingerprint density at radius 2 is 2.04 bits per heavy atom. The van der Waals surface area contributed by atoms with Gasteiger partial charge in [-0.2, -0.15) is 0 Å². The number of nitrogens with one attached hydrogen (secondary N) is 1. The van der Waals surface area contributed by atoms with Crippen LogP contribution in [0.5, 0.6) is 0 Å². The molecule has 0 saturated carbocycles. The zero-order chi connectivity index (χ0) is 16.4. The molecule has 1 aromatic heterocycles. The molecular formula is C16H14BrNO4S. The molecule has 0 aliphatic carbocycles. The minimum absolute atomic E-state index is 0.375. The molecule has 0 saturated heterocycles. The Bertz CT molecular complexity index is 718. The van der Waals surface area contributed by atoms with Gasteiger partial charge in [-0.05, 0) is 29.3 Å². The normalized spacial score (nSPS) is 14.8. The van der Waals surface area contributed by atoms with Crippen LogP contribution in [0.1, 0.15) is 31.7 Å². The molecule has 0 radical (unpaired) electrons. The predicted molar refractivity (Wildman–Crippen MR) is 89.7 cm³/mol. The molecule has 0 bridgehead atoms. The number of carboxylic acid groups (broad SMARTS) is 1. The molecule has 1 unspecified atom stereocenters. The second-order valence-corrected chi connectivity index (χ2v) is 7.21. The highest BCUT2D eigenvalue weighted by atomic mass is 79.9. The molecular weight excluding hydrogens is 382 g/mol. The lowest BCUT2D eigenvalue weighted by molar-refractivity contribution is -0.139. The third-order valence-corrected chi connectivity index (χ3v) is 5.34. The summed E-state index contributed by atoms with van der Waals surface area (Å²) in [6.07, 6.45) is 0.794. The van der Waals surface area contributed by atoms with Crippen LogP contribution in [0.2, 0.25) is 0 Å². The number of carboxylic acids is 1. The molecule has 120 valence electrons. The van der Waals surface area contributed by atoms with Crippen LogP contribution in [-0.2, 0) is 22.6 Å². The largest absolute Gasteiger partial charge is 0.479 e. The van der Waals surface area contributed by atoms with E-state index in [0.717, 1.165) is 21.3 Å². The summed E-state index contributed by atoms with van der Waals surface area (Å²) < 4.78 is 6.21. The fourth-order valence-electron chi connectivity index (χ4n) is 2.40. The van der Waals surface area contributed by atoms with Crippen molar-refractivity contribution in [3.63, 3.8) is 0 Å². The van der Waals surface area contributed by atoms with Gasteiger partial charge < -0.3 is 15.2 Å². The monoisotopic (exact) mass is 395 g/mol. The lowest BCUT2D eigenvalue weighted by Crippen LogP contribution is -2.33. The minimum Gasteiger partial charge on any atom is -0.479 e. The lowest BCUT2D eigenvalue weighted by Gasteiger charge is -2.14. The van der Waals surface area contributed by atoms with Gasteiger partial charge in [0.1, 0.15) is 0 Å². The summed E-state index contributed by atoms with van der Waals surface area (Å²) in [5, 5.41) is 12.0. The molecule has 5 nitrogen and oxygen atoms in total. The van der Waals surface area contributed by atoms with Crippen LogP contribution in [0.25, 0.3) is 0 Å². The van der Waals surface area contributed by atoms with Crippen molar-refractivity contribution >= 4 is 39.1 Å². The average Bonchev–Trinajstić information content (AvgIpc) is 2.97. The van der Waals surface area contributed by atoms with Gasteiger partial charge in [0, 0.05) is 15.8 Å². The number of hydrogen-bond donors (Lipinski definition) is 2. The molecule has 1 atom stereocenters. The molecule has 3 rings (SSSR count). The zero-order valence-corrected chi connectivity index (χ0v) is 14.4. The van der Waals surface area contributed by atoms with E-state index in [1.54, 1.807) is 30.3 Å². The van der Waals surface area contributed by atoms with Crippen molar-refractivity contribution in [1.82, 2.24) is 5.32 Å². The van der Waals surface area contributed by atoms with Crippen LogP contribution in [0, 0.1) is 0 Å². The number of carbonyl (C=O) groups excluding carboxylic acids is 1. The molecule has 23 heavy (non-hydrogen) atoms. The van der Waals surface area contributed by atoms with Crippen molar-refractivity contribution in [2.45, 2.75) is 19.1 Å². The van der Waals surface area contributed by atoms with Gasteiger partial charge in [-0.25, -0.2) is 4.79 Å². The highest BCUT2D eigenvalue weighted by Crippen LogP contribution is 2.27. The molecule has 0 spiro atoms. The molecule has 2 aromatic rings. The van der Waals surface area contributed by atoms with Gasteiger partial charge in [0.05, 0.1) is 18.1 Å². The van der Waals surface area contributed by atoms with Gasteiger partial charge in [-0.1, -0.05) is 28.1 Å². The molecule has 1 aliphatic rings. The molecule has 1 amide bonds. The predicted octanol–water partition coefficient (Wildman–Crippen LogP) is 3.14. The first-order valence-electron chi connectivity index (χ1n) is 7.03. The number of amides is 1. The summed E-state index contributed by atoms with van der Waals surface area (Å²) in [4.78, 5) is 25.6. The number of aliphatic carboxylic acids is 1. The number of carbonyl (C=O) groups is 2. The smallest absolute Gasteiger partial charge is 0.330 e. The Balaban J connectivity index is 1.79. The maximum Gasteiger partial charge on any atom is 0.330 e. The van der Waals surface area contributed by atoms with E-state index in [0.29, 0.717) is 23.7 Å². The first kappa shape index (κ1) is 16.2. The van der Waals surface area contributed by atoms with Gasteiger partial charge in [-0.3, -0.25) is 4.79 Å².